The Kier molecular flexibility index (Phi) is 6.13. The molecule has 0 saturated heterocycles. The largest absolute Gasteiger partial charge is 0.491 e. The Morgan fingerprint density at radius 3 is 2.63 bits per heavy atom. The van der Waals surface area contributed by atoms with Crippen molar-refractivity contribution in [1.29, 1.82) is 0 Å². The van der Waals surface area contributed by atoms with Gasteiger partial charge in [-0.15, -0.1) is 0 Å². The molecule has 0 aliphatic rings. The molecule has 0 aliphatic heterocycles. The van der Waals surface area contributed by atoms with E-state index in [1.165, 1.54) is 18.5 Å². The summed E-state index contributed by atoms with van der Waals surface area (Å²) in [7, 11) is 1.42. The van der Waals surface area contributed by atoms with Gasteiger partial charge < -0.3 is 24.8 Å². The standard InChI is InChI=1S/C18H20ClN5O6/c1-9(16(27)28)20-17-21-14-13(15(26)22-18(29)23(14)2)24(17)7-11(25)8-30-12-5-3-10(19)4-6-12/h3-6,9,11,25H,7-8H2,1-2H3,(H,20,21)(H,27,28)(H,22,26,29)/t9-,11+/m0/s1. The highest BCUT2D eigenvalue weighted by Gasteiger charge is 2.22. The van der Waals surface area contributed by atoms with Crippen LogP contribution < -0.4 is 21.3 Å². The number of anilines is 1. The first-order valence-corrected chi connectivity index (χ1v) is 9.30. The SMILES string of the molecule is C[C@H](Nc1nc2c(c(=O)[nH]c(=O)n2C)n1C[C@@H](O)COc1ccc(Cl)cc1)C(=O)O. The second-order valence-corrected chi connectivity index (χ2v) is 7.10. The molecule has 4 N–H and O–H groups in total. The van der Waals surface area contributed by atoms with Crippen LogP contribution >= 0.6 is 11.6 Å². The fraction of sp³-hybridized carbons (Fsp3) is 0.333. The Labute approximate surface area is 174 Å². The number of carboxylic acid groups (broad SMARTS) is 1. The summed E-state index contributed by atoms with van der Waals surface area (Å²) < 4.78 is 7.97. The van der Waals surface area contributed by atoms with Crippen LogP contribution in [-0.2, 0) is 18.4 Å². The highest BCUT2D eigenvalue weighted by molar-refractivity contribution is 6.30. The van der Waals surface area contributed by atoms with Crippen LogP contribution in [0.4, 0.5) is 5.95 Å². The maximum absolute atomic E-state index is 12.4. The van der Waals surface area contributed by atoms with E-state index < -0.39 is 29.4 Å². The van der Waals surface area contributed by atoms with Gasteiger partial charge in [-0.25, -0.2) is 4.79 Å². The van der Waals surface area contributed by atoms with E-state index in [1.54, 1.807) is 24.3 Å². The van der Waals surface area contributed by atoms with Crippen LogP contribution in [0.3, 0.4) is 0 Å². The van der Waals surface area contributed by atoms with E-state index in [0.717, 1.165) is 4.57 Å². The van der Waals surface area contributed by atoms with E-state index >= 15 is 0 Å². The average molecular weight is 438 g/mol. The molecule has 0 aliphatic carbocycles. The number of aliphatic carboxylic acids is 1. The van der Waals surface area contributed by atoms with Crippen LogP contribution in [0.2, 0.25) is 5.02 Å². The summed E-state index contributed by atoms with van der Waals surface area (Å²) in [6.45, 7) is 1.15. The molecule has 0 fully saturated rings. The van der Waals surface area contributed by atoms with Crippen molar-refractivity contribution < 1.29 is 19.7 Å². The molecule has 1 aromatic carbocycles. The number of nitrogens with zero attached hydrogens (tertiary/aromatic N) is 3. The Morgan fingerprint density at radius 1 is 1.33 bits per heavy atom. The predicted molar refractivity (Wildman–Crippen MR) is 109 cm³/mol. The number of rotatable bonds is 8. The number of hydrogen-bond acceptors (Lipinski definition) is 7. The van der Waals surface area contributed by atoms with Crippen LogP contribution in [0, 0.1) is 0 Å². The zero-order valence-corrected chi connectivity index (χ0v) is 16.9. The number of halogens is 1. The molecule has 2 atom stereocenters. The molecule has 0 unspecified atom stereocenters. The average Bonchev–Trinajstić information content (AvgIpc) is 3.04. The normalized spacial score (nSPS) is 13.2. The Morgan fingerprint density at radius 2 is 2.00 bits per heavy atom. The van der Waals surface area contributed by atoms with Crippen LogP contribution in [0.25, 0.3) is 11.2 Å². The Hall–Kier alpha value is -3.31. The van der Waals surface area contributed by atoms with E-state index in [2.05, 4.69) is 15.3 Å². The van der Waals surface area contributed by atoms with Gasteiger partial charge in [0.1, 0.15) is 24.5 Å². The number of H-pyrrole nitrogens is 1. The van der Waals surface area contributed by atoms with Gasteiger partial charge in [0, 0.05) is 12.1 Å². The van der Waals surface area contributed by atoms with Crippen LogP contribution in [-0.4, -0.2) is 54.0 Å². The molecule has 0 bridgehead atoms. The van der Waals surface area contributed by atoms with E-state index in [0.29, 0.717) is 10.8 Å². The van der Waals surface area contributed by atoms with Gasteiger partial charge in [0.05, 0.1) is 6.54 Å². The van der Waals surface area contributed by atoms with Gasteiger partial charge in [-0.3, -0.25) is 19.1 Å². The summed E-state index contributed by atoms with van der Waals surface area (Å²) >= 11 is 5.82. The van der Waals surface area contributed by atoms with Crippen LogP contribution in [0.1, 0.15) is 6.92 Å². The molecular weight excluding hydrogens is 418 g/mol. The van der Waals surface area contributed by atoms with Gasteiger partial charge >= 0.3 is 11.7 Å². The Balaban J connectivity index is 1.92. The number of ether oxygens (including phenoxy) is 1. The molecule has 2 heterocycles. The smallest absolute Gasteiger partial charge is 0.329 e. The molecular formula is C18H20ClN5O6. The zero-order valence-electron chi connectivity index (χ0n) is 16.1. The number of aliphatic hydroxyl groups is 1. The summed E-state index contributed by atoms with van der Waals surface area (Å²) in [5.41, 5.74) is -1.30. The summed E-state index contributed by atoms with van der Waals surface area (Å²) in [4.78, 5) is 41.9. The first-order chi connectivity index (χ1) is 14.2. The molecule has 12 heteroatoms. The lowest BCUT2D eigenvalue weighted by Gasteiger charge is -2.17. The van der Waals surface area contributed by atoms with Crippen molar-refractivity contribution in [3.8, 4) is 5.75 Å². The number of carbonyl (C=O) groups is 1. The fourth-order valence-corrected chi connectivity index (χ4v) is 2.89. The molecule has 3 rings (SSSR count). The van der Waals surface area contributed by atoms with Crippen molar-refractivity contribution in [2.24, 2.45) is 7.05 Å². The highest BCUT2D eigenvalue weighted by Crippen LogP contribution is 2.18. The number of aromatic amines is 1. The minimum atomic E-state index is -1.14. The third-order valence-corrected chi connectivity index (χ3v) is 4.62. The number of aryl methyl sites for hydroxylation is 1. The number of aliphatic hydroxyl groups excluding tert-OH is 1. The minimum absolute atomic E-state index is 0.0164. The van der Waals surface area contributed by atoms with Gasteiger partial charge in [-0.2, -0.15) is 4.98 Å². The molecule has 11 nitrogen and oxygen atoms in total. The van der Waals surface area contributed by atoms with E-state index in [-0.39, 0.29) is 30.3 Å². The lowest BCUT2D eigenvalue weighted by molar-refractivity contribution is -0.137. The number of fused-ring (bicyclic) bond motifs is 1. The van der Waals surface area contributed by atoms with Gasteiger partial charge in [-0.1, -0.05) is 11.6 Å². The third kappa shape index (κ3) is 4.47. The second-order valence-electron chi connectivity index (χ2n) is 6.66. The van der Waals surface area contributed by atoms with Crippen molar-refractivity contribution in [3.63, 3.8) is 0 Å². The van der Waals surface area contributed by atoms with Crippen molar-refractivity contribution in [2.75, 3.05) is 11.9 Å². The summed E-state index contributed by atoms with van der Waals surface area (Å²) in [6.07, 6.45) is -1.07. The number of carboxylic acids is 1. The lowest BCUT2D eigenvalue weighted by atomic mass is 10.3. The molecule has 0 amide bonds. The third-order valence-electron chi connectivity index (χ3n) is 4.37. The molecule has 2 aromatic heterocycles. The van der Waals surface area contributed by atoms with E-state index in [4.69, 9.17) is 16.3 Å². The Bertz CT molecular complexity index is 1180. The molecule has 3 aromatic rings. The number of benzene rings is 1. The molecule has 0 saturated carbocycles. The maximum Gasteiger partial charge on any atom is 0.329 e. The number of nitrogens with one attached hydrogen (secondary N) is 2. The lowest BCUT2D eigenvalue weighted by Crippen LogP contribution is -2.32. The van der Waals surface area contributed by atoms with E-state index in [9.17, 15) is 24.6 Å². The second kappa shape index (κ2) is 8.59. The van der Waals surface area contributed by atoms with E-state index in [1.807, 2.05) is 0 Å². The van der Waals surface area contributed by atoms with Gasteiger partial charge in [-0.05, 0) is 31.2 Å². The van der Waals surface area contributed by atoms with Gasteiger partial charge in [0.15, 0.2) is 11.2 Å². The minimum Gasteiger partial charge on any atom is -0.491 e. The topological polar surface area (TPSA) is 151 Å². The van der Waals surface area contributed by atoms with Gasteiger partial charge in [0.2, 0.25) is 5.95 Å². The monoisotopic (exact) mass is 437 g/mol. The van der Waals surface area contributed by atoms with Crippen molar-refractivity contribution >= 4 is 34.7 Å². The quantitative estimate of drug-likeness (QED) is 0.395. The first kappa shape index (κ1) is 21.4. The fourth-order valence-electron chi connectivity index (χ4n) is 2.76. The summed E-state index contributed by atoms with van der Waals surface area (Å²) in [5, 5.41) is 22.8. The van der Waals surface area contributed by atoms with Crippen LogP contribution in [0.15, 0.2) is 33.9 Å². The van der Waals surface area contributed by atoms with Crippen molar-refractivity contribution in [3.05, 3.63) is 50.1 Å². The van der Waals surface area contributed by atoms with Crippen LogP contribution in [0.5, 0.6) is 5.75 Å². The van der Waals surface area contributed by atoms with Gasteiger partial charge in [0.25, 0.3) is 5.56 Å². The number of hydrogen-bond donors (Lipinski definition) is 4. The highest BCUT2D eigenvalue weighted by atomic mass is 35.5. The molecule has 30 heavy (non-hydrogen) atoms. The summed E-state index contributed by atoms with van der Waals surface area (Å²) in [6, 6.07) is 5.54. The molecule has 160 valence electrons. The predicted octanol–water partition coefficient (Wildman–Crippen LogP) is 0.402. The molecule has 0 spiro atoms. The molecule has 0 radical (unpaired) electrons. The summed E-state index contributed by atoms with van der Waals surface area (Å²) in [5.74, 6) is -0.618. The van der Waals surface area contributed by atoms with Crippen molar-refractivity contribution in [2.45, 2.75) is 25.6 Å². The zero-order chi connectivity index (χ0) is 22.0. The maximum atomic E-state index is 12.4. The number of aromatic nitrogens is 4. The van der Waals surface area contributed by atoms with Crippen molar-refractivity contribution in [1.82, 2.24) is 19.1 Å². The first-order valence-electron chi connectivity index (χ1n) is 8.92. The number of imidazole rings is 1.